The van der Waals surface area contributed by atoms with E-state index in [1.54, 1.807) is 0 Å². The first kappa shape index (κ1) is 12.4. The van der Waals surface area contributed by atoms with Crippen molar-refractivity contribution in [2.75, 3.05) is 26.2 Å². The summed E-state index contributed by atoms with van der Waals surface area (Å²) in [6, 6.07) is 1.45. The molecule has 0 aromatic rings. The minimum absolute atomic E-state index is 0.719. The lowest BCUT2D eigenvalue weighted by Crippen LogP contribution is -2.47. The third kappa shape index (κ3) is 2.28. The number of hydrogen-bond acceptors (Lipinski definition) is 2. The van der Waals surface area contributed by atoms with Gasteiger partial charge in [0.1, 0.15) is 0 Å². The van der Waals surface area contributed by atoms with Gasteiger partial charge in [-0.05, 0) is 45.4 Å². The van der Waals surface area contributed by atoms with Gasteiger partial charge in [0, 0.05) is 38.3 Å². The first-order chi connectivity index (χ1) is 7.49. The van der Waals surface area contributed by atoms with Crippen molar-refractivity contribution >= 4 is 0 Å². The van der Waals surface area contributed by atoms with Crippen LogP contribution >= 0.6 is 0 Å². The van der Waals surface area contributed by atoms with Gasteiger partial charge in [-0.25, -0.2) is 0 Å². The number of likely N-dealkylation sites (tertiary alicyclic amines) is 2. The molecule has 0 amide bonds. The maximum absolute atomic E-state index is 2.68. The van der Waals surface area contributed by atoms with E-state index in [4.69, 9.17) is 0 Å². The summed E-state index contributed by atoms with van der Waals surface area (Å²) in [5.41, 5.74) is 0. The third-order valence-electron chi connectivity index (χ3n) is 4.70. The molecule has 2 fully saturated rings. The second-order valence-electron chi connectivity index (χ2n) is 6.50. The molecular weight excluding hydrogens is 196 g/mol. The standard InChI is InChI=1S/C14H28N2/c1-10(2)15-6-12(5)14-9-16(11(3)4)8-13(14)7-15/h10-14H,6-9H2,1-5H3/t12-,13-,14+/m0/s1. The van der Waals surface area contributed by atoms with E-state index in [2.05, 4.69) is 44.4 Å². The van der Waals surface area contributed by atoms with Crippen LogP contribution in [0, 0.1) is 17.8 Å². The molecule has 0 spiro atoms. The molecule has 0 bridgehead atoms. The Balaban J connectivity index is 2.01. The predicted molar refractivity (Wildman–Crippen MR) is 69.6 cm³/mol. The van der Waals surface area contributed by atoms with Crippen LogP contribution in [0.2, 0.25) is 0 Å². The minimum atomic E-state index is 0.719. The van der Waals surface area contributed by atoms with Gasteiger partial charge in [0.2, 0.25) is 0 Å². The molecule has 0 radical (unpaired) electrons. The zero-order valence-electron chi connectivity index (χ0n) is 11.6. The van der Waals surface area contributed by atoms with Crippen LogP contribution in [0.4, 0.5) is 0 Å². The normalized spacial score (nSPS) is 37.3. The maximum atomic E-state index is 2.68. The van der Waals surface area contributed by atoms with Gasteiger partial charge < -0.3 is 9.80 Å². The fourth-order valence-electron chi connectivity index (χ4n) is 3.49. The largest absolute Gasteiger partial charge is 0.300 e. The lowest BCUT2D eigenvalue weighted by atomic mass is 9.80. The van der Waals surface area contributed by atoms with Crippen molar-refractivity contribution in [1.82, 2.24) is 9.80 Å². The summed E-state index contributed by atoms with van der Waals surface area (Å²) in [5, 5.41) is 0. The minimum Gasteiger partial charge on any atom is -0.300 e. The molecule has 0 saturated carbocycles. The van der Waals surface area contributed by atoms with E-state index in [1.807, 2.05) is 0 Å². The van der Waals surface area contributed by atoms with E-state index in [-0.39, 0.29) is 0 Å². The van der Waals surface area contributed by atoms with Gasteiger partial charge in [0.15, 0.2) is 0 Å². The Morgan fingerprint density at radius 3 is 1.81 bits per heavy atom. The molecule has 0 unspecified atom stereocenters. The first-order valence-electron chi connectivity index (χ1n) is 6.97. The molecule has 94 valence electrons. The van der Waals surface area contributed by atoms with Crippen molar-refractivity contribution in [3.63, 3.8) is 0 Å². The second kappa shape index (κ2) is 4.66. The Labute approximate surface area is 101 Å². The van der Waals surface area contributed by atoms with Crippen molar-refractivity contribution in [2.45, 2.75) is 46.7 Å². The van der Waals surface area contributed by atoms with E-state index < -0.39 is 0 Å². The highest BCUT2D eigenvalue weighted by molar-refractivity contribution is 4.94. The molecule has 2 saturated heterocycles. The topological polar surface area (TPSA) is 6.48 Å². The van der Waals surface area contributed by atoms with E-state index >= 15 is 0 Å². The number of nitrogens with zero attached hydrogens (tertiary/aromatic N) is 2. The number of hydrogen-bond donors (Lipinski definition) is 0. The molecule has 2 aliphatic rings. The molecule has 2 nitrogen and oxygen atoms in total. The first-order valence-corrected chi connectivity index (χ1v) is 6.97. The van der Waals surface area contributed by atoms with Crippen LogP contribution in [0.1, 0.15) is 34.6 Å². The Morgan fingerprint density at radius 1 is 0.812 bits per heavy atom. The molecule has 3 atom stereocenters. The lowest BCUT2D eigenvalue weighted by Gasteiger charge is -2.41. The second-order valence-corrected chi connectivity index (χ2v) is 6.50. The van der Waals surface area contributed by atoms with Crippen LogP contribution in [0.15, 0.2) is 0 Å². The number of fused-ring (bicyclic) bond motifs is 1. The highest BCUT2D eigenvalue weighted by atomic mass is 15.2. The number of piperidine rings is 1. The molecule has 2 heteroatoms. The van der Waals surface area contributed by atoms with Gasteiger partial charge in [-0.15, -0.1) is 0 Å². The van der Waals surface area contributed by atoms with Crippen molar-refractivity contribution in [3.8, 4) is 0 Å². The highest BCUT2D eigenvalue weighted by Gasteiger charge is 2.41. The van der Waals surface area contributed by atoms with Crippen LogP contribution in [0.25, 0.3) is 0 Å². The maximum Gasteiger partial charge on any atom is 0.00388 e. The van der Waals surface area contributed by atoms with E-state index in [0.29, 0.717) is 0 Å². The summed E-state index contributed by atoms with van der Waals surface area (Å²) < 4.78 is 0. The molecule has 2 rings (SSSR count). The molecule has 0 N–H and O–H groups in total. The van der Waals surface area contributed by atoms with Crippen LogP contribution in [0.5, 0.6) is 0 Å². The Hall–Kier alpha value is -0.0800. The summed E-state index contributed by atoms with van der Waals surface area (Å²) in [4.78, 5) is 5.35. The van der Waals surface area contributed by atoms with Crippen molar-refractivity contribution in [2.24, 2.45) is 17.8 Å². The monoisotopic (exact) mass is 224 g/mol. The van der Waals surface area contributed by atoms with Crippen LogP contribution in [-0.4, -0.2) is 48.1 Å². The molecule has 0 aromatic carbocycles. The van der Waals surface area contributed by atoms with Crippen molar-refractivity contribution < 1.29 is 0 Å². The number of rotatable bonds is 2. The average molecular weight is 224 g/mol. The summed E-state index contributed by atoms with van der Waals surface area (Å²) in [5.74, 6) is 2.76. The summed E-state index contributed by atoms with van der Waals surface area (Å²) in [7, 11) is 0. The molecule has 2 aliphatic heterocycles. The summed E-state index contributed by atoms with van der Waals surface area (Å²) in [6.45, 7) is 17.1. The zero-order chi connectivity index (χ0) is 11.9. The lowest BCUT2D eigenvalue weighted by molar-refractivity contribution is 0.0745. The van der Waals surface area contributed by atoms with Crippen molar-refractivity contribution in [3.05, 3.63) is 0 Å². The van der Waals surface area contributed by atoms with Crippen molar-refractivity contribution in [1.29, 1.82) is 0 Å². The Morgan fingerprint density at radius 2 is 1.31 bits per heavy atom. The van der Waals surface area contributed by atoms with Gasteiger partial charge in [0.25, 0.3) is 0 Å². The van der Waals surface area contributed by atoms with E-state index in [1.165, 1.54) is 26.2 Å². The van der Waals surface area contributed by atoms with Gasteiger partial charge in [0.05, 0.1) is 0 Å². The summed E-state index contributed by atoms with van der Waals surface area (Å²) in [6.07, 6.45) is 0. The van der Waals surface area contributed by atoms with Crippen LogP contribution < -0.4 is 0 Å². The predicted octanol–water partition coefficient (Wildman–Crippen LogP) is 2.30. The van der Waals surface area contributed by atoms with E-state index in [9.17, 15) is 0 Å². The van der Waals surface area contributed by atoms with Gasteiger partial charge in [-0.1, -0.05) is 6.92 Å². The van der Waals surface area contributed by atoms with Crippen LogP contribution in [-0.2, 0) is 0 Å². The zero-order valence-corrected chi connectivity index (χ0v) is 11.6. The van der Waals surface area contributed by atoms with Crippen LogP contribution in [0.3, 0.4) is 0 Å². The SMILES string of the molecule is CC(C)N1C[C@@H]2CN(C(C)C)C[C@H](C)[C@H]2C1. The molecule has 16 heavy (non-hydrogen) atoms. The summed E-state index contributed by atoms with van der Waals surface area (Å²) >= 11 is 0. The fourth-order valence-corrected chi connectivity index (χ4v) is 3.49. The highest BCUT2D eigenvalue weighted by Crippen LogP contribution is 2.36. The fraction of sp³-hybridized carbons (Fsp3) is 1.00. The molecule has 2 heterocycles. The molecule has 0 aliphatic carbocycles. The van der Waals surface area contributed by atoms with Gasteiger partial charge in [-0.2, -0.15) is 0 Å². The van der Waals surface area contributed by atoms with Gasteiger partial charge >= 0.3 is 0 Å². The van der Waals surface area contributed by atoms with E-state index in [0.717, 1.165) is 29.8 Å². The van der Waals surface area contributed by atoms with Gasteiger partial charge in [-0.3, -0.25) is 0 Å². The quantitative estimate of drug-likeness (QED) is 0.710. The molecular formula is C14H28N2. The Kier molecular flexibility index (Phi) is 3.60. The Bertz CT molecular complexity index is 237. The third-order valence-corrected chi connectivity index (χ3v) is 4.70. The smallest absolute Gasteiger partial charge is 0.00388 e. The average Bonchev–Trinajstić information content (AvgIpc) is 2.61. The molecule has 0 aromatic heterocycles.